The van der Waals surface area contributed by atoms with Crippen LogP contribution < -0.4 is 5.32 Å². The number of aromatic amines is 1. The second-order valence-corrected chi connectivity index (χ2v) is 10.4. The quantitative estimate of drug-likeness (QED) is 0.285. The lowest BCUT2D eigenvalue weighted by molar-refractivity contribution is -0.143. The Morgan fingerprint density at radius 2 is 1.60 bits per heavy atom. The first-order valence-corrected chi connectivity index (χ1v) is 13.2. The average Bonchev–Trinajstić information content (AvgIpc) is 3.32. The number of H-pyrrole nitrogens is 1. The van der Waals surface area contributed by atoms with Gasteiger partial charge in [0.15, 0.2) is 0 Å². The van der Waals surface area contributed by atoms with Gasteiger partial charge in [-0.25, -0.2) is 0 Å². The SMILES string of the molecule is CN(C(=O)c1cc(C(F)(F)F)cc(C(F)(F)F)c1)C(CCC(=O)NC1CCCCC1)Cc1c[nH]c2ccccc12. The lowest BCUT2D eigenvalue weighted by Crippen LogP contribution is -2.41. The predicted molar refractivity (Wildman–Crippen MR) is 139 cm³/mol. The highest BCUT2D eigenvalue weighted by Gasteiger charge is 2.38. The maximum absolute atomic E-state index is 13.4. The van der Waals surface area contributed by atoms with E-state index in [1.54, 1.807) is 6.20 Å². The number of carbonyl (C=O) groups is 2. The number of amides is 2. The Morgan fingerprint density at radius 3 is 2.23 bits per heavy atom. The van der Waals surface area contributed by atoms with Gasteiger partial charge in [-0.2, -0.15) is 26.3 Å². The second kappa shape index (κ2) is 11.9. The van der Waals surface area contributed by atoms with E-state index >= 15 is 0 Å². The number of halogens is 6. The van der Waals surface area contributed by atoms with Crippen LogP contribution in [0.5, 0.6) is 0 Å². The Hall–Kier alpha value is -3.50. The van der Waals surface area contributed by atoms with Crippen molar-refractivity contribution in [1.82, 2.24) is 15.2 Å². The maximum atomic E-state index is 13.4. The first-order valence-electron chi connectivity index (χ1n) is 13.2. The number of alkyl halides is 6. The number of hydrogen-bond donors (Lipinski definition) is 2. The third-order valence-electron chi connectivity index (χ3n) is 7.51. The normalized spacial score (nSPS) is 15.7. The fraction of sp³-hybridized carbons (Fsp3) is 0.448. The van der Waals surface area contributed by atoms with Crippen molar-refractivity contribution >= 4 is 22.7 Å². The molecule has 5 nitrogen and oxygen atoms in total. The summed E-state index contributed by atoms with van der Waals surface area (Å²) >= 11 is 0. The fourth-order valence-electron chi connectivity index (χ4n) is 5.28. The van der Waals surface area contributed by atoms with Crippen LogP contribution in [-0.4, -0.2) is 40.8 Å². The molecule has 216 valence electrons. The Balaban J connectivity index is 1.60. The molecule has 0 saturated heterocycles. The molecular formula is C29H31F6N3O2. The lowest BCUT2D eigenvalue weighted by Gasteiger charge is -2.29. The minimum Gasteiger partial charge on any atom is -0.361 e. The summed E-state index contributed by atoms with van der Waals surface area (Å²) in [6.45, 7) is 0. The van der Waals surface area contributed by atoms with E-state index in [1.165, 1.54) is 7.05 Å². The van der Waals surface area contributed by atoms with Crippen LogP contribution in [0.3, 0.4) is 0 Å². The number of likely N-dealkylation sites (N-methyl/N-ethyl adjacent to an activating group) is 1. The van der Waals surface area contributed by atoms with Crippen LogP contribution in [-0.2, 0) is 23.6 Å². The van der Waals surface area contributed by atoms with Gasteiger partial charge in [-0.3, -0.25) is 9.59 Å². The zero-order valence-electron chi connectivity index (χ0n) is 22.0. The Morgan fingerprint density at radius 1 is 0.975 bits per heavy atom. The number of aromatic nitrogens is 1. The van der Waals surface area contributed by atoms with Gasteiger partial charge in [0, 0.05) is 48.2 Å². The van der Waals surface area contributed by atoms with Crippen molar-refractivity contribution < 1.29 is 35.9 Å². The van der Waals surface area contributed by atoms with Crippen LogP contribution in [0, 0.1) is 0 Å². The van der Waals surface area contributed by atoms with E-state index in [2.05, 4.69) is 10.3 Å². The molecule has 1 aromatic heterocycles. The van der Waals surface area contributed by atoms with Crippen molar-refractivity contribution in [2.75, 3.05) is 7.05 Å². The highest BCUT2D eigenvalue weighted by Crippen LogP contribution is 2.37. The van der Waals surface area contributed by atoms with E-state index in [4.69, 9.17) is 0 Å². The third kappa shape index (κ3) is 7.17. The predicted octanol–water partition coefficient (Wildman–Crippen LogP) is 7.12. The van der Waals surface area contributed by atoms with Gasteiger partial charge in [0.1, 0.15) is 0 Å². The highest BCUT2D eigenvalue weighted by molar-refractivity contribution is 5.95. The van der Waals surface area contributed by atoms with Crippen molar-refractivity contribution in [2.24, 2.45) is 0 Å². The van der Waals surface area contributed by atoms with Gasteiger partial charge in [0.05, 0.1) is 11.1 Å². The standard InChI is InChI=1S/C29H31F6N3O2/c1-38(27(40)18-13-20(28(30,31)32)16-21(14-18)29(33,34)35)23(11-12-26(39)37-22-7-3-2-4-8-22)15-19-17-36-25-10-6-5-9-24(19)25/h5-6,9-10,13-14,16-17,22-23,36H,2-4,7-8,11-12,15H2,1H3,(H,37,39). The molecule has 2 amide bonds. The molecular weight excluding hydrogens is 536 g/mol. The second-order valence-electron chi connectivity index (χ2n) is 10.4. The Kier molecular flexibility index (Phi) is 8.80. The summed E-state index contributed by atoms with van der Waals surface area (Å²) in [6.07, 6.45) is -2.96. The molecule has 40 heavy (non-hydrogen) atoms. The minimum atomic E-state index is -5.07. The van der Waals surface area contributed by atoms with Crippen molar-refractivity contribution in [3.63, 3.8) is 0 Å². The number of nitrogens with zero attached hydrogens (tertiary/aromatic N) is 1. The van der Waals surface area contributed by atoms with Gasteiger partial charge >= 0.3 is 12.4 Å². The van der Waals surface area contributed by atoms with E-state index in [1.807, 2.05) is 24.3 Å². The smallest absolute Gasteiger partial charge is 0.361 e. The zero-order valence-corrected chi connectivity index (χ0v) is 22.0. The molecule has 1 aliphatic carbocycles. The molecule has 1 heterocycles. The summed E-state index contributed by atoms with van der Waals surface area (Å²) in [5.74, 6) is -1.19. The first kappa shape index (κ1) is 29.5. The highest BCUT2D eigenvalue weighted by atomic mass is 19.4. The number of carbonyl (C=O) groups excluding carboxylic acids is 2. The molecule has 1 atom stereocenters. The molecule has 0 spiro atoms. The summed E-state index contributed by atoms with van der Waals surface area (Å²) in [5.41, 5.74) is -2.18. The van der Waals surface area contributed by atoms with Gasteiger partial charge in [-0.1, -0.05) is 37.5 Å². The summed E-state index contributed by atoms with van der Waals surface area (Å²) in [4.78, 5) is 30.4. The molecule has 1 fully saturated rings. The van der Waals surface area contributed by atoms with Gasteiger partial charge in [-0.15, -0.1) is 0 Å². The molecule has 2 aromatic carbocycles. The van der Waals surface area contributed by atoms with Crippen LogP contribution in [0.2, 0.25) is 0 Å². The molecule has 0 aliphatic heterocycles. The Labute approximate surface area is 227 Å². The molecule has 0 bridgehead atoms. The van der Waals surface area contributed by atoms with Gasteiger partial charge < -0.3 is 15.2 Å². The molecule has 1 unspecified atom stereocenters. The average molecular weight is 568 g/mol. The largest absolute Gasteiger partial charge is 0.416 e. The summed E-state index contributed by atoms with van der Waals surface area (Å²) < 4.78 is 80.5. The van der Waals surface area contributed by atoms with Crippen LogP contribution in [0.25, 0.3) is 10.9 Å². The van der Waals surface area contributed by atoms with Crippen molar-refractivity contribution in [2.45, 2.75) is 75.8 Å². The van der Waals surface area contributed by atoms with E-state index in [0.29, 0.717) is 12.1 Å². The van der Waals surface area contributed by atoms with Crippen molar-refractivity contribution in [1.29, 1.82) is 0 Å². The zero-order chi connectivity index (χ0) is 29.1. The van der Waals surface area contributed by atoms with E-state index < -0.39 is 41.0 Å². The molecule has 3 aromatic rings. The number of benzene rings is 2. The summed E-state index contributed by atoms with van der Waals surface area (Å²) in [5, 5.41) is 3.89. The molecule has 1 saturated carbocycles. The first-order chi connectivity index (χ1) is 18.8. The number of hydrogen-bond acceptors (Lipinski definition) is 2. The number of rotatable bonds is 8. The topological polar surface area (TPSA) is 65.2 Å². The third-order valence-corrected chi connectivity index (χ3v) is 7.51. The van der Waals surface area contributed by atoms with Gasteiger partial charge in [0.2, 0.25) is 5.91 Å². The summed E-state index contributed by atoms with van der Waals surface area (Å²) in [7, 11) is 1.34. The van der Waals surface area contributed by atoms with Crippen molar-refractivity contribution in [3.8, 4) is 0 Å². The molecule has 11 heteroatoms. The van der Waals surface area contributed by atoms with Gasteiger partial charge in [-0.05, 0) is 55.5 Å². The maximum Gasteiger partial charge on any atom is 0.416 e. The molecule has 2 N–H and O–H groups in total. The summed E-state index contributed by atoms with van der Waals surface area (Å²) in [6, 6.07) is 7.69. The molecule has 4 rings (SSSR count). The minimum absolute atomic E-state index is 0.00416. The lowest BCUT2D eigenvalue weighted by atomic mass is 9.95. The number of para-hydroxylation sites is 1. The Bertz CT molecular complexity index is 1310. The van der Waals surface area contributed by atoms with E-state index in [9.17, 15) is 35.9 Å². The number of fused-ring (bicyclic) bond motifs is 1. The van der Waals surface area contributed by atoms with Crippen LogP contribution in [0.15, 0.2) is 48.7 Å². The monoisotopic (exact) mass is 567 g/mol. The van der Waals surface area contributed by atoms with E-state index in [0.717, 1.165) is 53.5 Å². The van der Waals surface area contributed by atoms with Crippen LogP contribution in [0.1, 0.15) is 72.0 Å². The van der Waals surface area contributed by atoms with Crippen LogP contribution >= 0.6 is 0 Å². The molecule has 1 aliphatic rings. The van der Waals surface area contributed by atoms with Gasteiger partial charge in [0.25, 0.3) is 5.91 Å². The van der Waals surface area contributed by atoms with E-state index in [-0.39, 0.29) is 37.3 Å². The van der Waals surface area contributed by atoms with Crippen LogP contribution in [0.4, 0.5) is 26.3 Å². The number of nitrogens with one attached hydrogen (secondary N) is 2. The van der Waals surface area contributed by atoms with Crippen molar-refractivity contribution in [3.05, 3.63) is 70.9 Å². The molecule has 0 radical (unpaired) electrons. The fourth-order valence-corrected chi connectivity index (χ4v) is 5.28.